The number of urea groups is 1. The summed E-state index contributed by atoms with van der Waals surface area (Å²) in [7, 11) is 3.84. The zero-order valence-electron chi connectivity index (χ0n) is 12.9. The van der Waals surface area contributed by atoms with Crippen molar-refractivity contribution in [3.8, 4) is 0 Å². The van der Waals surface area contributed by atoms with Crippen LogP contribution >= 0.6 is 0 Å². The zero-order valence-corrected chi connectivity index (χ0v) is 12.9. The Morgan fingerprint density at radius 2 is 2.29 bits per heavy atom. The average molecular weight is 292 g/mol. The molecule has 6 heteroatoms. The van der Waals surface area contributed by atoms with Crippen LogP contribution in [0.2, 0.25) is 0 Å². The third kappa shape index (κ3) is 3.64. The van der Waals surface area contributed by atoms with Gasteiger partial charge in [0.2, 0.25) is 0 Å². The minimum Gasteiger partial charge on any atom is -0.394 e. The van der Waals surface area contributed by atoms with Crippen LogP contribution in [-0.2, 0) is 0 Å². The normalized spacial score (nSPS) is 22.0. The van der Waals surface area contributed by atoms with E-state index < -0.39 is 0 Å². The van der Waals surface area contributed by atoms with Crippen molar-refractivity contribution in [2.75, 3.05) is 37.5 Å². The smallest absolute Gasteiger partial charge is 0.322 e. The lowest BCUT2D eigenvalue weighted by Crippen LogP contribution is -2.51. The molecule has 0 saturated carbocycles. The first kappa shape index (κ1) is 15.6. The Morgan fingerprint density at radius 1 is 1.52 bits per heavy atom. The first-order valence-corrected chi connectivity index (χ1v) is 7.34. The molecule has 2 amide bonds. The molecule has 1 aliphatic rings. The second-order valence-corrected chi connectivity index (χ2v) is 5.79. The number of aromatic nitrogens is 1. The van der Waals surface area contributed by atoms with Gasteiger partial charge in [0.1, 0.15) is 5.82 Å². The second kappa shape index (κ2) is 6.76. The summed E-state index contributed by atoms with van der Waals surface area (Å²) in [5.41, 5.74) is 0.667. The highest BCUT2D eigenvalue weighted by atomic mass is 16.3. The quantitative estimate of drug-likeness (QED) is 0.891. The van der Waals surface area contributed by atoms with Crippen molar-refractivity contribution in [3.05, 3.63) is 18.3 Å². The van der Waals surface area contributed by atoms with Crippen LogP contribution in [0, 0.1) is 5.92 Å². The van der Waals surface area contributed by atoms with Gasteiger partial charge in [-0.25, -0.2) is 9.78 Å². The van der Waals surface area contributed by atoms with Crippen LogP contribution in [0.5, 0.6) is 0 Å². The minimum absolute atomic E-state index is 0.00635. The van der Waals surface area contributed by atoms with Crippen LogP contribution in [0.3, 0.4) is 0 Å². The van der Waals surface area contributed by atoms with Gasteiger partial charge in [-0.2, -0.15) is 0 Å². The Kier molecular flexibility index (Phi) is 5.01. The highest BCUT2D eigenvalue weighted by molar-refractivity contribution is 5.89. The van der Waals surface area contributed by atoms with Crippen molar-refractivity contribution in [2.45, 2.75) is 25.8 Å². The summed E-state index contributed by atoms with van der Waals surface area (Å²) in [6.07, 6.45) is 3.67. The van der Waals surface area contributed by atoms with Gasteiger partial charge in [0, 0.05) is 20.6 Å². The molecule has 0 spiro atoms. The molecule has 0 aromatic carbocycles. The first-order chi connectivity index (χ1) is 10.0. The summed E-state index contributed by atoms with van der Waals surface area (Å²) in [5, 5.41) is 12.4. The van der Waals surface area contributed by atoms with Crippen molar-refractivity contribution in [1.29, 1.82) is 0 Å². The maximum absolute atomic E-state index is 12.4. The number of likely N-dealkylation sites (tertiary alicyclic amines) is 1. The number of hydrogen-bond donors (Lipinski definition) is 2. The number of aliphatic hydroxyl groups excluding tert-OH is 1. The number of hydrogen-bond acceptors (Lipinski definition) is 4. The van der Waals surface area contributed by atoms with E-state index in [0.29, 0.717) is 18.2 Å². The summed E-state index contributed by atoms with van der Waals surface area (Å²) in [5.74, 6) is 1.16. The van der Waals surface area contributed by atoms with Gasteiger partial charge in [0.15, 0.2) is 0 Å². The fraction of sp³-hybridized carbons (Fsp3) is 0.600. The molecule has 21 heavy (non-hydrogen) atoms. The first-order valence-electron chi connectivity index (χ1n) is 7.34. The van der Waals surface area contributed by atoms with E-state index in [0.717, 1.165) is 18.7 Å². The number of amides is 2. The predicted octanol–water partition coefficient (Wildman–Crippen LogP) is 1.77. The fourth-order valence-electron chi connectivity index (χ4n) is 2.70. The monoisotopic (exact) mass is 292 g/mol. The molecule has 2 atom stereocenters. The summed E-state index contributed by atoms with van der Waals surface area (Å²) in [4.78, 5) is 20.3. The number of rotatable bonds is 3. The van der Waals surface area contributed by atoms with Gasteiger partial charge in [-0.3, -0.25) is 0 Å². The van der Waals surface area contributed by atoms with Gasteiger partial charge < -0.3 is 20.2 Å². The van der Waals surface area contributed by atoms with Gasteiger partial charge in [-0.05, 0) is 30.9 Å². The van der Waals surface area contributed by atoms with Gasteiger partial charge in [-0.1, -0.05) is 6.92 Å². The Morgan fingerprint density at radius 3 is 2.86 bits per heavy atom. The lowest BCUT2D eigenvalue weighted by Gasteiger charge is -2.38. The van der Waals surface area contributed by atoms with Crippen LogP contribution in [0.4, 0.5) is 16.3 Å². The molecule has 2 N–H and O–H groups in total. The summed E-state index contributed by atoms with van der Waals surface area (Å²) in [6.45, 7) is 2.77. The molecular formula is C15H24N4O2. The molecule has 116 valence electrons. The molecule has 1 aromatic rings. The number of nitrogens with one attached hydrogen (secondary N) is 1. The Labute approximate surface area is 125 Å². The van der Waals surface area contributed by atoms with Crippen molar-refractivity contribution >= 4 is 17.5 Å². The lowest BCUT2D eigenvalue weighted by atomic mass is 9.91. The Hall–Kier alpha value is -1.82. The number of carbonyl (C=O) groups is 1. The number of piperidine rings is 1. The van der Waals surface area contributed by atoms with E-state index in [9.17, 15) is 9.90 Å². The maximum atomic E-state index is 12.4. The summed E-state index contributed by atoms with van der Waals surface area (Å²) >= 11 is 0. The standard InChI is InChI=1S/C15H24N4O2/c1-11-5-4-8-19(13(11)10-20)15(21)17-12-6-7-14(16-9-12)18(2)3/h6-7,9,11,13,20H,4-5,8,10H2,1-3H3,(H,17,21). The Bertz CT molecular complexity index is 475. The van der Waals surface area contributed by atoms with E-state index in [2.05, 4.69) is 17.2 Å². The predicted molar refractivity (Wildman–Crippen MR) is 83.6 cm³/mol. The van der Waals surface area contributed by atoms with Crippen LogP contribution < -0.4 is 10.2 Å². The van der Waals surface area contributed by atoms with Crippen LogP contribution in [-0.4, -0.2) is 54.3 Å². The molecule has 2 unspecified atom stereocenters. The van der Waals surface area contributed by atoms with Crippen molar-refractivity contribution in [3.63, 3.8) is 0 Å². The molecule has 2 heterocycles. The fourth-order valence-corrected chi connectivity index (χ4v) is 2.70. The molecule has 6 nitrogen and oxygen atoms in total. The Balaban J connectivity index is 2.03. The largest absolute Gasteiger partial charge is 0.394 e. The minimum atomic E-state index is -0.167. The zero-order chi connectivity index (χ0) is 15.4. The highest BCUT2D eigenvalue weighted by Gasteiger charge is 2.31. The van der Waals surface area contributed by atoms with Gasteiger partial charge in [0.25, 0.3) is 0 Å². The molecule has 0 aliphatic carbocycles. The van der Waals surface area contributed by atoms with E-state index >= 15 is 0 Å². The van der Waals surface area contributed by atoms with E-state index in [1.165, 1.54) is 0 Å². The number of pyridine rings is 1. The third-order valence-electron chi connectivity index (χ3n) is 4.02. The van der Waals surface area contributed by atoms with E-state index in [1.807, 2.05) is 31.1 Å². The SMILES string of the molecule is CC1CCCN(C(=O)Nc2ccc(N(C)C)nc2)C1CO. The number of nitrogens with zero attached hydrogens (tertiary/aromatic N) is 3. The molecule has 0 radical (unpaired) electrons. The number of anilines is 2. The third-order valence-corrected chi connectivity index (χ3v) is 4.02. The van der Waals surface area contributed by atoms with Gasteiger partial charge in [0.05, 0.1) is 24.5 Å². The summed E-state index contributed by atoms with van der Waals surface area (Å²) < 4.78 is 0. The van der Waals surface area contributed by atoms with Crippen LogP contribution in [0.1, 0.15) is 19.8 Å². The maximum Gasteiger partial charge on any atom is 0.322 e. The van der Waals surface area contributed by atoms with Gasteiger partial charge >= 0.3 is 6.03 Å². The van der Waals surface area contributed by atoms with E-state index in [4.69, 9.17) is 0 Å². The number of aliphatic hydroxyl groups is 1. The van der Waals surface area contributed by atoms with Crippen molar-refractivity contribution in [1.82, 2.24) is 9.88 Å². The molecule has 1 fully saturated rings. The molecule has 1 aromatic heterocycles. The topological polar surface area (TPSA) is 68.7 Å². The summed E-state index contributed by atoms with van der Waals surface area (Å²) in [6, 6.07) is 3.42. The molecule has 2 rings (SSSR count). The molecule has 1 saturated heterocycles. The molecular weight excluding hydrogens is 268 g/mol. The van der Waals surface area contributed by atoms with E-state index in [-0.39, 0.29) is 18.7 Å². The van der Waals surface area contributed by atoms with Crippen LogP contribution in [0.25, 0.3) is 0 Å². The molecule has 1 aliphatic heterocycles. The lowest BCUT2D eigenvalue weighted by molar-refractivity contribution is 0.0811. The van der Waals surface area contributed by atoms with Gasteiger partial charge in [-0.15, -0.1) is 0 Å². The molecule has 0 bridgehead atoms. The van der Waals surface area contributed by atoms with Crippen molar-refractivity contribution < 1.29 is 9.90 Å². The second-order valence-electron chi connectivity index (χ2n) is 5.79. The average Bonchev–Trinajstić information content (AvgIpc) is 2.47. The van der Waals surface area contributed by atoms with E-state index in [1.54, 1.807) is 11.1 Å². The van der Waals surface area contributed by atoms with Crippen molar-refractivity contribution in [2.24, 2.45) is 5.92 Å². The number of carbonyl (C=O) groups excluding carboxylic acids is 1. The van der Waals surface area contributed by atoms with Crippen LogP contribution in [0.15, 0.2) is 18.3 Å². The highest BCUT2D eigenvalue weighted by Crippen LogP contribution is 2.24.